The Bertz CT molecular complexity index is 361. The quantitative estimate of drug-likeness (QED) is 0.834. The highest BCUT2D eigenvalue weighted by molar-refractivity contribution is 5.88. The van der Waals surface area contributed by atoms with Gasteiger partial charge in [0, 0.05) is 6.07 Å². The second kappa shape index (κ2) is 4.77. The SMILES string of the molecule is CC(C)COc1cc(F)cc(C(=O)O)c1. The van der Waals surface area contributed by atoms with Crippen molar-refractivity contribution in [2.24, 2.45) is 5.92 Å². The van der Waals surface area contributed by atoms with Gasteiger partial charge in [0.1, 0.15) is 11.6 Å². The molecule has 15 heavy (non-hydrogen) atoms. The molecule has 3 nitrogen and oxygen atoms in total. The Balaban J connectivity index is 2.84. The second-order valence-electron chi connectivity index (χ2n) is 3.69. The Labute approximate surface area is 87.5 Å². The molecule has 82 valence electrons. The van der Waals surface area contributed by atoms with Crippen molar-refractivity contribution in [1.82, 2.24) is 0 Å². The zero-order valence-electron chi connectivity index (χ0n) is 8.66. The number of benzene rings is 1. The van der Waals surface area contributed by atoms with E-state index in [1.54, 1.807) is 0 Å². The monoisotopic (exact) mass is 212 g/mol. The lowest BCUT2D eigenvalue weighted by molar-refractivity contribution is 0.0695. The largest absolute Gasteiger partial charge is 0.493 e. The minimum Gasteiger partial charge on any atom is -0.493 e. The summed E-state index contributed by atoms with van der Waals surface area (Å²) in [5, 5.41) is 8.69. The predicted molar refractivity (Wildman–Crippen MR) is 53.7 cm³/mol. The van der Waals surface area contributed by atoms with Gasteiger partial charge in [-0.2, -0.15) is 0 Å². The molecule has 0 atom stereocenters. The third-order valence-corrected chi connectivity index (χ3v) is 1.70. The van der Waals surface area contributed by atoms with E-state index < -0.39 is 11.8 Å². The van der Waals surface area contributed by atoms with Gasteiger partial charge in [0.2, 0.25) is 0 Å². The maximum atomic E-state index is 13.0. The van der Waals surface area contributed by atoms with Crippen molar-refractivity contribution < 1.29 is 19.0 Å². The molecule has 0 saturated heterocycles. The van der Waals surface area contributed by atoms with Crippen LogP contribution >= 0.6 is 0 Å². The normalized spacial score (nSPS) is 10.4. The third kappa shape index (κ3) is 3.58. The molecule has 0 bridgehead atoms. The zero-order valence-corrected chi connectivity index (χ0v) is 8.66. The highest BCUT2D eigenvalue weighted by atomic mass is 19.1. The minimum absolute atomic E-state index is 0.103. The topological polar surface area (TPSA) is 46.5 Å². The van der Waals surface area contributed by atoms with E-state index in [2.05, 4.69) is 0 Å². The van der Waals surface area contributed by atoms with Crippen molar-refractivity contribution >= 4 is 5.97 Å². The van der Waals surface area contributed by atoms with E-state index in [9.17, 15) is 9.18 Å². The van der Waals surface area contributed by atoms with Crippen molar-refractivity contribution in [3.05, 3.63) is 29.6 Å². The van der Waals surface area contributed by atoms with Crippen LogP contribution in [0.4, 0.5) is 4.39 Å². The van der Waals surface area contributed by atoms with Gasteiger partial charge in [0.15, 0.2) is 0 Å². The average molecular weight is 212 g/mol. The van der Waals surface area contributed by atoms with E-state index in [4.69, 9.17) is 9.84 Å². The molecule has 0 heterocycles. The summed E-state index contributed by atoms with van der Waals surface area (Å²) in [4.78, 5) is 10.6. The number of halogens is 1. The van der Waals surface area contributed by atoms with Crippen molar-refractivity contribution in [3.63, 3.8) is 0 Å². The van der Waals surface area contributed by atoms with Crippen LogP contribution in [0.15, 0.2) is 18.2 Å². The summed E-state index contributed by atoms with van der Waals surface area (Å²) in [6.45, 7) is 4.34. The van der Waals surface area contributed by atoms with Crippen LogP contribution < -0.4 is 4.74 Å². The first-order valence-corrected chi connectivity index (χ1v) is 4.65. The molecule has 1 aromatic carbocycles. The van der Waals surface area contributed by atoms with Gasteiger partial charge in [-0.25, -0.2) is 9.18 Å². The molecular weight excluding hydrogens is 199 g/mol. The van der Waals surface area contributed by atoms with Crippen molar-refractivity contribution in [3.8, 4) is 5.75 Å². The van der Waals surface area contributed by atoms with Crippen molar-refractivity contribution in [1.29, 1.82) is 0 Å². The summed E-state index contributed by atoms with van der Waals surface area (Å²) >= 11 is 0. The number of carboxylic acid groups (broad SMARTS) is 1. The van der Waals surface area contributed by atoms with Gasteiger partial charge < -0.3 is 9.84 Å². The number of rotatable bonds is 4. The summed E-state index contributed by atoms with van der Waals surface area (Å²) in [5.74, 6) is -1.21. The molecule has 0 amide bonds. The van der Waals surface area contributed by atoms with Crippen molar-refractivity contribution in [2.45, 2.75) is 13.8 Å². The standard InChI is InChI=1S/C11H13FO3/c1-7(2)6-15-10-4-8(11(13)14)3-9(12)5-10/h3-5,7H,6H2,1-2H3,(H,13,14). The van der Waals surface area contributed by atoms with Crippen LogP contribution in [0.1, 0.15) is 24.2 Å². The fourth-order valence-corrected chi connectivity index (χ4v) is 1.03. The minimum atomic E-state index is -1.16. The molecule has 0 aliphatic carbocycles. The number of carboxylic acids is 1. The Kier molecular flexibility index (Phi) is 3.66. The summed E-state index contributed by atoms with van der Waals surface area (Å²) in [6.07, 6.45) is 0. The molecule has 0 aromatic heterocycles. The summed E-state index contributed by atoms with van der Waals surface area (Å²) in [6, 6.07) is 3.45. The van der Waals surface area contributed by atoms with E-state index in [1.165, 1.54) is 12.1 Å². The number of ether oxygens (including phenoxy) is 1. The molecule has 0 aliphatic rings. The van der Waals surface area contributed by atoms with Crippen LogP contribution in [0.25, 0.3) is 0 Å². The molecule has 0 unspecified atom stereocenters. The lowest BCUT2D eigenvalue weighted by Crippen LogP contribution is -2.06. The molecule has 1 N–H and O–H groups in total. The Hall–Kier alpha value is -1.58. The third-order valence-electron chi connectivity index (χ3n) is 1.70. The fraction of sp³-hybridized carbons (Fsp3) is 0.364. The number of hydrogen-bond acceptors (Lipinski definition) is 2. The smallest absolute Gasteiger partial charge is 0.335 e. The van der Waals surface area contributed by atoms with Crippen LogP contribution in [0.2, 0.25) is 0 Å². The number of hydrogen-bond donors (Lipinski definition) is 1. The van der Waals surface area contributed by atoms with Gasteiger partial charge in [-0.1, -0.05) is 13.8 Å². The Morgan fingerprint density at radius 2 is 2.13 bits per heavy atom. The van der Waals surface area contributed by atoms with E-state index in [0.29, 0.717) is 12.5 Å². The number of carbonyl (C=O) groups is 1. The van der Waals surface area contributed by atoms with E-state index in [-0.39, 0.29) is 11.3 Å². The van der Waals surface area contributed by atoms with Crippen LogP contribution in [-0.4, -0.2) is 17.7 Å². The number of aromatic carboxylic acids is 1. The van der Waals surface area contributed by atoms with Gasteiger partial charge >= 0.3 is 5.97 Å². The molecule has 1 rings (SSSR count). The highest BCUT2D eigenvalue weighted by Gasteiger charge is 2.08. The first-order chi connectivity index (χ1) is 6.99. The first-order valence-electron chi connectivity index (χ1n) is 4.65. The van der Waals surface area contributed by atoms with Crippen molar-refractivity contribution in [2.75, 3.05) is 6.61 Å². The van der Waals surface area contributed by atoms with Crippen LogP contribution in [-0.2, 0) is 0 Å². The predicted octanol–water partition coefficient (Wildman–Crippen LogP) is 2.56. The van der Waals surface area contributed by atoms with Gasteiger partial charge in [-0.3, -0.25) is 0 Å². The first kappa shape index (κ1) is 11.5. The Morgan fingerprint density at radius 3 is 2.67 bits per heavy atom. The molecule has 4 heteroatoms. The lowest BCUT2D eigenvalue weighted by Gasteiger charge is -2.09. The van der Waals surface area contributed by atoms with Gasteiger partial charge in [0.25, 0.3) is 0 Å². The van der Waals surface area contributed by atoms with Crippen LogP contribution in [0, 0.1) is 11.7 Å². The zero-order chi connectivity index (χ0) is 11.4. The van der Waals surface area contributed by atoms with Crippen LogP contribution in [0.5, 0.6) is 5.75 Å². The molecule has 0 spiro atoms. The maximum absolute atomic E-state index is 13.0. The van der Waals surface area contributed by atoms with Gasteiger partial charge in [-0.05, 0) is 18.1 Å². The van der Waals surface area contributed by atoms with E-state index in [0.717, 1.165) is 6.07 Å². The summed E-state index contributed by atoms with van der Waals surface area (Å²) in [7, 11) is 0. The molecule has 0 saturated carbocycles. The molecule has 0 radical (unpaired) electrons. The van der Waals surface area contributed by atoms with E-state index in [1.807, 2.05) is 13.8 Å². The van der Waals surface area contributed by atoms with Crippen LogP contribution in [0.3, 0.4) is 0 Å². The van der Waals surface area contributed by atoms with E-state index >= 15 is 0 Å². The fourth-order valence-electron chi connectivity index (χ4n) is 1.03. The molecule has 0 fully saturated rings. The lowest BCUT2D eigenvalue weighted by atomic mass is 10.2. The molecule has 0 aliphatic heterocycles. The summed E-state index contributed by atoms with van der Waals surface area (Å²) < 4.78 is 18.2. The summed E-state index contributed by atoms with van der Waals surface area (Å²) in [5.41, 5.74) is -0.103. The Morgan fingerprint density at radius 1 is 1.47 bits per heavy atom. The highest BCUT2D eigenvalue weighted by Crippen LogP contribution is 2.17. The maximum Gasteiger partial charge on any atom is 0.335 e. The van der Waals surface area contributed by atoms with Gasteiger partial charge in [0.05, 0.1) is 12.2 Å². The molecular formula is C11H13FO3. The second-order valence-corrected chi connectivity index (χ2v) is 3.69. The average Bonchev–Trinajstić information content (AvgIpc) is 2.13. The van der Waals surface area contributed by atoms with Gasteiger partial charge in [-0.15, -0.1) is 0 Å². The molecule has 1 aromatic rings.